The number of nitrogens with zero attached hydrogens (tertiary/aromatic N) is 4. The van der Waals surface area contributed by atoms with Gasteiger partial charge in [0.1, 0.15) is 28.7 Å². The van der Waals surface area contributed by atoms with Crippen LogP contribution < -0.4 is 16.0 Å². The van der Waals surface area contributed by atoms with Gasteiger partial charge in [0.05, 0.1) is 34.4 Å². The second-order valence-corrected chi connectivity index (χ2v) is 12.9. The largest absolute Gasteiger partial charge is 0.330 e. The Balaban J connectivity index is 0.000000179. The van der Waals surface area contributed by atoms with Gasteiger partial charge in [-0.15, -0.1) is 0 Å². The summed E-state index contributed by atoms with van der Waals surface area (Å²) in [7, 11) is 8.13. The first-order chi connectivity index (χ1) is 24.3. The monoisotopic (exact) mass is 702 g/mol. The second-order valence-electron chi connectivity index (χ2n) is 12.9. The van der Waals surface area contributed by atoms with Crippen LogP contribution in [-0.4, -0.2) is 98.3 Å². The van der Waals surface area contributed by atoms with E-state index >= 15 is 0 Å². The fourth-order valence-corrected chi connectivity index (χ4v) is 5.84. The summed E-state index contributed by atoms with van der Waals surface area (Å²) >= 11 is 0. The quantitative estimate of drug-likeness (QED) is 0.155. The number of ketones is 3. The van der Waals surface area contributed by atoms with Crippen molar-refractivity contribution in [3.63, 3.8) is 0 Å². The van der Waals surface area contributed by atoms with Gasteiger partial charge in [-0.05, 0) is 97.4 Å². The molecule has 3 heterocycles. The zero-order valence-corrected chi connectivity index (χ0v) is 29.4. The van der Waals surface area contributed by atoms with E-state index in [1.54, 1.807) is 17.0 Å². The lowest BCUT2D eigenvalue weighted by atomic mass is 9.98. The number of para-hydroxylation sites is 2. The number of carbonyl (C=O) groups is 5. The summed E-state index contributed by atoms with van der Waals surface area (Å²) in [5.41, 5.74) is 7.75. The number of halogens is 2. The van der Waals surface area contributed by atoms with Crippen molar-refractivity contribution >= 4 is 62.3 Å². The zero-order valence-electron chi connectivity index (χ0n) is 29.4. The Morgan fingerprint density at radius 3 is 2.04 bits per heavy atom. The van der Waals surface area contributed by atoms with Crippen molar-refractivity contribution in [2.45, 2.75) is 38.5 Å². The molecule has 0 atom stereocenters. The fraction of sp³-hybridized carbons (Fsp3) is 0.368. The van der Waals surface area contributed by atoms with E-state index in [1.807, 2.05) is 32.3 Å². The first-order valence-corrected chi connectivity index (χ1v) is 16.8. The van der Waals surface area contributed by atoms with E-state index in [9.17, 15) is 32.8 Å². The van der Waals surface area contributed by atoms with Crippen LogP contribution in [0.25, 0.3) is 21.8 Å². The minimum Gasteiger partial charge on any atom is -0.330 e. The SMILES string of the molecule is CN(C)CCCN.CN(C)CCCN1C(=O)c2c3cccc(F)c3nc3cccc1c23.O=C1CCCC(=O)C1.O=C1Nc2c(F)cccc2C1=O. The maximum atomic E-state index is 14.2. The summed E-state index contributed by atoms with van der Waals surface area (Å²) in [6.07, 6.45) is 4.19. The van der Waals surface area contributed by atoms with Crippen LogP contribution in [0, 0.1) is 11.6 Å². The van der Waals surface area contributed by atoms with Crippen molar-refractivity contribution in [3.8, 4) is 0 Å². The fourth-order valence-electron chi connectivity index (χ4n) is 5.84. The van der Waals surface area contributed by atoms with Crippen LogP contribution in [0.4, 0.5) is 20.2 Å². The normalized spacial score (nSPS) is 14.6. The highest BCUT2D eigenvalue weighted by molar-refractivity contribution is 6.51. The minimum absolute atomic E-state index is 0.00694. The van der Waals surface area contributed by atoms with E-state index in [0.29, 0.717) is 35.9 Å². The molecule has 2 aliphatic heterocycles. The average Bonchev–Trinajstić information content (AvgIpc) is 3.55. The lowest BCUT2D eigenvalue weighted by Crippen LogP contribution is -2.30. The summed E-state index contributed by atoms with van der Waals surface area (Å²) in [6, 6.07) is 14.4. The smallest absolute Gasteiger partial charge is 0.296 e. The Morgan fingerprint density at radius 2 is 1.45 bits per heavy atom. The van der Waals surface area contributed by atoms with Crippen LogP contribution in [0.15, 0.2) is 54.6 Å². The number of nitrogens with two attached hydrogens (primary N) is 1. The number of hydrogen-bond acceptors (Lipinski definition) is 9. The summed E-state index contributed by atoms with van der Waals surface area (Å²) in [5, 5.41) is 3.58. The number of benzene rings is 3. The molecule has 13 heteroatoms. The minimum atomic E-state index is -0.768. The number of aromatic nitrogens is 1. The predicted molar refractivity (Wildman–Crippen MR) is 194 cm³/mol. The molecule has 3 aliphatic rings. The number of carbonyl (C=O) groups excluding carboxylic acids is 5. The molecule has 3 aromatic carbocycles. The molecular weight excluding hydrogens is 658 g/mol. The van der Waals surface area contributed by atoms with E-state index in [1.165, 1.54) is 24.3 Å². The Kier molecular flexibility index (Phi) is 13.5. The van der Waals surface area contributed by atoms with Crippen LogP contribution in [0.5, 0.6) is 0 Å². The molecule has 0 bridgehead atoms. The standard InChI is InChI=1S/C19H18FN3O.C8H4FNO2.C6H8O2.C5H14N2/c1-22(2)10-5-11-23-15-9-4-8-14-17(15)16(19(23)24)12-6-3-7-13(20)18(12)21-14;9-5-3-1-2-4-6(5)10-8(12)7(4)11;7-5-2-1-3-6(8)4-5;1-7(2)5-3-4-6/h3-4,6-9H,5,10-11H2,1-2H3;1-3H,(H,10,11,12);1-4H2;3-6H2,1-2H3. The maximum Gasteiger partial charge on any atom is 0.296 e. The van der Waals surface area contributed by atoms with E-state index in [0.717, 1.165) is 50.0 Å². The van der Waals surface area contributed by atoms with E-state index in [-0.39, 0.29) is 40.7 Å². The molecule has 0 spiro atoms. The van der Waals surface area contributed by atoms with Crippen molar-refractivity contribution in [2.24, 2.45) is 5.73 Å². The summed E-state index contributed by atoms with van der Waals surface area (Å²) in [5.74, 6) is -2.25. The number of rotatable bonds is 7. The van der Waals surface area contributed by atoms with E-state index in [2.05, 4.69) is 34.2 Å². The Morgan fingerprint density at radius 1 is 0.824 bits per heavy atom. The van der Waals surface area contributed by atoms with Gasteiger partial charge in [0.25, 0.3) is 17.6 Å². The van der Waals surface area contributed by atoms with Crippen molar-refractivity contribution in [1.29, 1.82) is 0 Å². The highest BCUT2D eigenvalue weighted by atomic mass is 19.1. The van der Waals surface area contributed by atoms with Crippen molar-refractivity contribution < 1.29 is 32.8 Å². The summed E-state index contributed by atoms with van der Waals surface area (Å²) in [6.45, 7) is 3.46. The van der Waals surface area contributed by atoms with Crippen molar-refractivity contribution in [3.05, 3.63) is 77.4 Å². The first kappa shape index (κ1) is 38.8. The number of anilines is 2. The van der Waals surface area contributed by atoms with E-state index < -0.39 is 23.3 Å². The number of fused-ring (bicyclic) bond motifs is 3. The number of hydrogen-bond donors (Lipinski definition) is 2. The molecule has 0 radical (unpaired) electrons. The number of Topliss-reactive ketones (excluding diaryl/α,β-unsaturated/α-hetero) is 3. The molecular formula is C38H44F2N6O5. The summed E-state index contributed by atoms with van der Waals surface area (Å²) in [4.78, 5) is 66.2. The van der Waals surface area contributed by atoms with Gasteiger partial charge in [0.15, 0.2) is 0 Å². The van der Waals surface area contributed by atoms with Gasteiger partial charge < -0.3 is 25.8 Å². The van der Waals surface area contributed by atoms with Gasteiger partial charge in [0.2, 0.25) is 0 Å². The molecule has 0 saturated heterocycles. The van der Waals surface area contributed by atoms with Gasteiger partial charge in [0, 0.05) is 30.2 Å². The first-order valence-electron chi connectivity index (χ1n) is 16.8. The maximum absolute atomic E-state index is 14.2. The average molecular weight is 703 g/mol. The van der Waals surface area contributed by atoms with Crippen LogP contribution in [0.3, 0.4) is 0 Å². The van der Waals surface area contributed by atoms with Gasteiger partial charge in [-0.3, -0.25) is 24.0 Å². The van der Waals surface area contributed by atoms with Crippen LogP contribution in [-0.2, 0) is 14.4 Å². The lowest BCUT2D eigenvalue weighted by Gasteiger charge is -2.19. The predicted octanol–water partition coefficient (Wildman–Crippen LogP) is 4.99. The number of nitrogens with one attached hydrogen (secondary N) is 1. The topological polar surface area (TPSA) is 146 Å². The van der Waals surface area contributed by atoms with Crippen LogP contribution >= 0.6 is 0 Å². The van der Waals surface area contributed by atoms with E-state index in [4.69, 9.17) is 5.73 Å². The lowest BCUT2D eigenvalue weighted by molar-refractivity contribution is -0.129. The third-order valence-electron chi connectivity index (χ3n) is 8.31. The molecule has 3 N–H and O–H groups in total. The van der Waals surface area contributed by atoms with Crippen molar-refractivity contribution in [1.82, 2.24) is 14.8 Å². The molecule has 1 aliphatic carbocycles. The molecule has 1 aromatic heterocycles. The molecule has 51 heavy (non-hydrogen) atoms. The van der Waals surface area contributed by atoms with Gasteiger partial charge in [-0.2, -0.15) is 0 Å². The molecule has 0 unspecified atom stereocenters. The Hall–Kier alpha value is -4.98. The summed E-state index contributed by atoms with van der Waals surface area (Å²) < 4.78 is 27.0. The molecule has 11 nitrogen and oxygen atoms in total. The van der Waals surface area contributed by atoms with Crippen molar-refractivity contribution in [2.75, 3.05) is 64.6 Å². The molecule has 270 valence electrons. The van der Waals surface area contributed by atoms with Gasteiger partial charge in [-0.1, -0.05) is 24.3 Å². The zero-order chi connectivity index (χ0) is 37.2. The van der Waals surface area contributed by atoms with Gasteiger partial charge in [-0.25, -0.2) is 13.8 Å². The second kappa shape index (κ2) is 17.8. The molecule has 7 rings (SSSR count). The van der Waals surface area contributed by atoms with Crippen LogP contribution in [0.1, 0.15) is 59.2 Å². The van der Waals surface area contributed by atoms with Gasteiger partial charge >= 0.3 is 0 Å². The number of pyridine rings is 1. The highest BCUT2D eigenvalue weighted by Gasteiger charge is 2.32. The molecule has 1 fully saturated rings. The number of amides is 2. The third kappa shape index (κ3) is 9.63. The Bertz CT molecular complexity index is 1930. The molecule has 2 amide bonds. The van der Waals surface area contributed by atoms with Crippen LogP contribution in [0.2, 0.25) is 0 Å². The third-order valence-corrected chi connectivity index (χ3v) is 8.31. The Labute approximate surface area is 295 Å². The highest BCUT2D eigenvalue weighted by Crippen LogP contribution is 2.40. The molecule has 4 aromatic rings. The molecule has 1 saturated carbocycles.